The van der Waals surface area contributed by atoms with Crippen LogP contribution in [0.1, 0.15) is 12.5 Å². The first kappa shape index (κ1) is 20.0. The highest BCUT2D eigenvalue weighted by molar-refractivity contribution is 6.34. The monoisotopic (exact) mass is 416 g/mol. The Morgan fingerprint density at radius 2 is 1.89 bits per heavy atom. The first-order chi connectivity index (χ1) is 13.6. The van der Waals surface area contributed by atoms with Crippen LogP contribution in [0, 0.1) is 0 Å². The molecule has 0 aliphatic carbocycles. The summed E-state index contributed by atoms with van der Waals surface area (Å²) in [5.41, 5.74) is 3.23. The third-order valence-corrected chi connectivity index (χ3v) is 4.41. The van der Waals surface area contributed by atoms with Crippen molar-refractivity contribution in [2.45, 2.75) is 6.92 Å². The van der Waals surface area contributed by atoms with Crippen LogP contribution >= 0.6 is 23.2 Å². The van der Waals surface area contributed by atoms with Crippen molar-refractivity contribution in [1.82, 2.24) is 5.43 Å². The van der Waals surface area contributed by atoms with Gasteiger partial charge in [0.1, 0.15) is 11.5 Å². The van der Waals surface area contributed by atoms with Crippen molar-refractivity contribution < 1.29 is 14.3 Å². The number of fused-ring (bicyclic) bond motifs is 1. The number of carbonyl (C=O) groups excluding carboxylic acids is 1. The van der Waals surface area contributed by atoms with Crippen molar-refractivity contribution in [2.24, 2.45) is 5.10 Å². The van der Waals surface area contributed by atoms with Crippen molar-refractivity contribution in [3.8, 4) is 11.5 Å². The second-order valence-corrected chi connectivity index (χ2v) is 6.63. The molecule has 0 bridgehead atoms. The average molecular weight is 417 g/mol. The van der Waals surface area contributed by atoms with Gasteiger partial charge in [-0.15, -0.1) is 0 Å². The minimum atomic E-state index is -0.425. The standard InChI is InChI=1S/C21H18Cl2N2O3/c1-2-27-19-10-7-14-5-3-4-6-16(14)17(19)12-24-25-21(26)13-28-20-11-15(22)8-9-18(20)23/h3-12H,2,13H2,1H3,(H,25,26)/b24-12+. The van der Waals surface area contributed by atoms with Gasteiger partial charge >= 0.3 is 0 Å². The summed E-state index contributed by atoms with van der Waals surface area (Å²) in [4.78, 5) is 12.0. The molecule has 0 saturated heterocycles. The van der Waals surface area contributed by atoms with E-state index in [-0.39, 0.29) is 6.61 Å². The lowest BCUT2D eigenvalue weighted by Crippen LogP contribution is -2.24. The Labute approximate surface area is 172 Å². The number of nitrogens with one attached hydrogen (secondary N) is 1. The summed E-state index contributed by atoms with van der Waals surface area (Å²) in [6.45, 7) is 2.20. The van der Waals surface area contributed by atoms with E-state index < -0.39 is 5.91 Å². The van der Waals surface area contributed by atoms with Gasteiger partial charge in [-0.3, -0.25) is 4.79 Å². The molecular weight excluding hydrogens is 399 g/mol. The topological polar surface area (TPSA) is 59.9 Å². The Balaban J connectivity index is 1.69. The van der Waals surface area contributed by atoms with Crippen LogP contribution in [-0.4, -0.2) is 25.3 Å². The fourth-order valence-electron chi connectivity index (χ4n) is 2.62. The van der Waals surface area contributed by atoms with E-state index in [2.05, 4.69) is 10.5 Å². The summed E-state index contributed by atoms with van der Waals surface area (Å²) in [5.74, 6) is 0.604. The summed E-state index contributed by atoms with van der Waals surface area (Å²) in [7, 11) is 0. The zero-order valence-electron chi connectivity index (χ0n) is 15.1. The maximum atomic E-state index is 12.0. The third-order valence-electron chi connectivity index (χ3n) is 3.87. The number of hydrogen-bond donors (Lipinski definition) is 1. The molecule has 0 aliphatic rings. The largest absolute Gasteiger partial charge is 0.493 e. The molecule has 7 heteroatoms. The van der Waals surface area contributed by atoms with Gasteiger partial charge in [-0.05, 0) is 35.9 Å². The van der Waals surface area contributed by atoms with Crippen molar-refractivity contribution in [1.29, 1.82) is 0 Å². The maximum absolute atomic E-state index is 12.0. The van der Waals surface area contributed by atoms with Crippen LogP contribution in [0.5, 0.6) is 11.5 Å². The van der Waals surface area contributed by atoms with E-state index in [0.29, 0.717) is 28.2 Å². The summed E-state index contributed by atoms with van der Waals surface area (Å²) >= 11 is 11.9. The lowest BCUT2D eigenvalue weighted by atomic mass is 10.0. The van der Waals surface area contributed by atoms with Crippen LogP contribution in [0.3, 0.4) is 0 Å². The molecule has 0 unspecified atom stereocenters. The van der Waals surface area contributed by atoms with Crippen molar-refractivity contribution in [3.63, 3.8) is 0 Å². The molecule has 0 aliphatic heterocycles. The quantitative estimate of drug-likeness (QED) is 0.431. The molecule has 144 valence electrons. The van der Waals surface area contributed by atoms with Crippen molar-refractivity contribution in [2.75, 3.05) is 13.2 Å². The first-order valence-electron chi connectivity index (χ1n) is 8.62. The zero-order chi connectivity index (χ0) is 19.9. The number of rotatable bonds is 7. The van der Waals surface area contributed by atoms with Gasteiger partial charge in [-0.1, -0.05) is 53.5 Å². The molecule has 0 aromatic heterocycles. The van der Waals surface area contributed by atoms with Gasteiger partial charge in [0.2, 0.25) is 0 Å². The highest BCUT2D eigenvalue weighted by Gasteiger charge is 2.08. The van der Waals surface area contributed by atoms with Gasteiger partial charge in [0, 0.05) is 16.7 Å². The average Bonchev–Trinajstić information content (AvgIpc) is 2.70. The summed E-state index contributed by atoms with van der Waals surface area (Å²) in [6, 6.07) is 16.5. The predicted octanol–water partition coefficient (Wildman–Crippen LogP) is 5.07. The molecule has 0 atom stereocenters. The number of hydrogen-bond acceptors (Lipinski definition) is 4. The van der Waals surface area contributed by atoms with Crippen LogP contribution in [0.15, 0.2) is 59.7 Å². The lowest BCUT2D eigenvalue weighted by Gasteiger charge is -2.10. The van der Waals surface area contributed by atoms with E-state index in [0.717, 1.165) is 16.3 Å². The number of amides is 1. The second-order valence-electron chi connectivity index (χ2n) is 5.79. The molecule has 1 N–H and O–H groups in total. The van der Waals surface area contributed by atoms with E-state index in [4.69, 9.17) is 32.7 Å². The minimum absolute atomic E-state index is 0.245. The lowest BCUT2D eigenvalue weighted by molar-refractivity contribution is -0.123. The highest BCUT2D eigenvalue weighted by Crippen LogP contribution is 2.28. The Kier molecular flexibility index (Phi) is 6.74. The van der Waals surface area contributed by atoms with Gasteiger partial charge in [0.25, 0.3) is 5.91 Å². The Hall–Kier alpha value is -2.76. The fourth-order valence-corrected chi connectivity index (χ4v) is 2.96. The van der Waals surface area contributed by atoms with Gasteiger partial charge in [-0.25, -0.2) is 5.43 Å². The Morgan fingerprint density at radius 3 is 2.71 bits per heavy atom. The summed E-state index contributed by atoms with van der Waals surface area (Å²) in [5, 5.41) is 6.92. The molecule has 3 aromatic rings. The number of hydrazone groups is 1. The van der Waals surface area contributed by atoms with Crippen LogP contribution < -0.4 is 14.9 Å². The van der Waals surface area contributed by atoms with E-state index in [1.165, 1.54) is 0 Å². The maximum Gasteiger partial charge on any atom is 0.277 e. The van der Waals surface area contributed by atoms with Crippen molar-refractivity contribution in [3.05, 3.63) is 70.2 Å². The third kappa shape index (κ3) is 4.94. The number of benzene rings is 3. The fraction of sp³-hybridized carbons (Fsp3) is 0.143. The van der Waals surface area contributed by atoms with Gasteiger partial charge in [0.05, 0.1) is 17.8 Å². The van der Waals surface area contributed by atoms with E-state index in [1.807, 2.05) is 43.3 Å². The van der Waals surface area contributed by atoms with E-state index in [1.54, 1.807) is 24.4 Å². The van der Waals surface area contributed by atoms with Crippen LogP contribution in [0.2, 0.25) is 10.0 Å². The van der Waals surface area contributed by atoms with E-state index >= 15 is 0 Å². The molecule has 0 saturated carbocycles. The molecule has 28 heavy (non-hydrogen) atoms. The van der Waals surface area contributed by atoms with Gasteiger partial charge in [-0.2, -0.15) is 5.10 Å². The summed E-state index contributed by atoms with van der Waals surface area (Å²) in [6.07, 6.45) is 1.57. The molecule has 0 radical (unpaired) electrons. The molecule has 0 fully saturated rings. The molecular formula is C21H18Cl2N2O3. The Morgan fingerprint density at radius 1 is 1.07 bits per heavy atom. The first-order valence-corrected chi connectivity index (χ1v) is 9.38. The zero-order valence-corrected chi connectivity index (χ0v) is 16.6. The van der Waals surface area contributed by atoms with Crippen LogP contribution in [0.25, 0.3) is 10.8 Å². The van der Waals surface area contributed by atoms with Gasteiger partial charge < -0.3 is 9.47 Å². The SMILES string of the molecule is CCOc1ccc2ccccc2c1/C=N/NC(=O)COc1cc(Cl)ccc1Cl. The van der Waals surface area contributed by atoms with Gasteiger partial charge in [0.15, 0.2) is 6.61 Å². The molecule has 5 nitrogen and oxygen atoms in total. The van der Waals surface area contributed by atoms with Crippen molar-refractivity contribution >= 4 is 46.1 Å². The van der Waals surface area contributed by atoms with E-state index in [9.17, 15) is 4.79 Å². The Bertz CT molecular complexity index is 1020. The van der Waals surface area contributed by atoms with Crippen LogP contribution in [-0.2, 0) is 4.79 Å². The second kappa shape index (κ2) is 9.44. The number of carbonyl (C=O) groups is 1. The minimum Gasteiger partial charge on any atom is -0.493 e. The summed E-state index contributed by atoms with van der Waals surface area (Å²) < 4.78 is 11.1. The molecule has 1 amide bonds. The molecule has 3 rings (SSSR count). The predicted molar refractivity (Wildman–Crippen MR) is 113 cm³/mol. The number of nitrogens with zero attached hydrogens (tertiary/aromatic N) is 1. The smallest absolute Gasteiger partial charge is 0.277 e. The number of ether oxygens (including phenoxy) is 2. The normalized spacial score (nSPS) is 11.0. The highest BCUT2D eigenvalue weighted by atomic mass is 35.5. The number of halogens is 2. The molecule has 0 heterocycles. The molecule has 3 aromatic carbocycles. The molecule has 0 spiro atoms. The van der Waals surface area contributed by atoms with Crippen LogP contribution in [0.4, 0.5) is 0 Å².